The van der Waals surface area contributed by atoms with Crippen molar-refractivity contribution in [1.29, 1.82) is 5.26 Å². The smallest absolute Gasteiger partial charge is 0.383 e. The summed E-state index contributed by atoms with van der Waals surface area (Å²) in [5, 5.41) is 11.0. The van der Waals surface area contributed by atoms with E-state index in [2.05, 4.69) is 10.3 Å². The molecule has 0 unspecified atom stereocenters. The molecule has 6 heteroatoms. The molecule has 1 heterocycles. The monoisotopic (exact) mass is 215 g/mol. The van der Waals surface area contributed by atoms with Crippen LogP contribution in [0, 0.1) is 11.3 Å². The Morgan fingerprint density at radius 1 is 1.40 bits per heavy atom. The first-order valence-corrected chi connectivity index (χ1v) is 4.18. The van der Waals surface area contributed by atoms with Crippen LogP contribution in [0.5, 0.6) is 0 Å². The predicted molar refractivity (Wildman–Crippen MR) is 48.1 cm³/mol. The van der Waals surface area contributed by atoms with Crippen LogP contribution >= 0.6 is 0 Å². The average molecular weight is 215 g/mol. The van der Waals surface area contributed by atoms with E-state index < -0.39 is 12.6 Å². The molecule has 0 bridgehead atoms. The molecule has 0 fully saturated rings. The van der Waals surface area contributed by atoms with E-state index in [-0.39, 0.29) is 12.2 Å². The number of nitrogens with one attached hydrogen (secondary N) is 1. The molecule has 3 nitrogen and oxygen atoms in total. The standard InChI is InChI=1S/C9H8F3N3/c10-9(11,12)3-4-14-8-2-1-7(5-13)15-6-8/h1-2,6,14H,3-4H2. The van der Waals surface area contributed by atoms with Crippen LogP contribution in [-0.2, 0) is 0 Å². The van der Waals surface area contributed by atoms with Gasteiger partial charge in [0.2, 0.25) is 0 Å². The summed E-state index contributed by atoms with van der Waals surface area (Å²) >= 11 is 0. The van der Waals surface area contributed by atoms with Crippen molar-refractivity contribution in [2.24, 2.45) is 0 Å². The Hall–Kier alpha value is -1.77. The number of pyridine rings is 1. The van der Waals surface area contributed by atoms with Crippen molar-refractivity contribution in [2.45, 2.75) is 12.6 Å². The van der Waals surface area contributed by atoms with Gasteiger partial charge < -0.3 is 5.32 Å². The summed E-state index contributed by atoms with van der Waals surface area (Å²) < 4.78 is 35.3. The lowest BCUT2D eigenvalue weighted by Crippen LogP contribution is -2.14. The number of halogens is 3. The van der Waals surface area contributed by atoms with E-state index in [1.165, 1.54) is 18.3 Å². The van der Waals surface area contributed by atoms with Gasteiger partial charge in [-0.3, -0.25) is 0 Å². The molecule has 0 amide bonds. The molecule has 80 valence electrons. The Bertz CT molecular complexity index is 350. The first-order valence-electron chi connectivity index (χ1n) is 4.18. The molecule has 1 rings (SSSR count). The van der Waals surface area contributed by atoms with Crippen molar-refractivity contribution in [3.05, 3.63) is 24.0 Å². The van der Waals surface area contributed by atoms with Gasteiger partial charge in [0, 0.05) is 6.54 Å². The number of aromatic nitrogens is 1. The van der Waals surface area contributed by atoms with Crippen LogP contribution in [0.4, 0.5) is 18.9 Å². The number of hydrogen-bond donors (Lipinski definition) is 1. The van der Waals surface area contributed by atoms with Crippen LogP contribution in [-0.4, -0.2) is 17.7 Å². The lowest BCUT2D eigenvalue weighted by Gasteiger charge is -2.08. The lowest BCUT2D eigenvalue weighted by atomic mass is 10.3. The number of anilines is 1. The number of nitriles is 1. The van der Waals surface area contributed by atoms with Gasteiger partial charge in [-0.2, -0.15) is 18.4 Å². The fourth-order valence-electron chi connectivity index (χ4n) is 0.913. The van der Waals surface area contributed by atoms with Crippen LogP contribution < -0.4 is 5.32 Å². The maximum Gasteiger partial charge on any atom is 0.390 e. The van der Waals surface area contributed by atoms with Gasteiger partial charge in [-0.1, -0.05) is 0 Å². The second kappa shape index (κ2) is 4.64. The molecule has 0 aliphatic rings. The fourth-order valence-corrected chi connectivity index (χ4v) is 0.913. The summed E-state index contributed by atoms with van der Waals surface area (Å²) in [4.78, 5) is 3.71. The summed E-state index contributed by atoms with van der Waals surface area (Å²) in [5.41, 5.74) is 0.703. The largest absolute Gasteiger partial charge is 0.390 e. The predicted octanol–water partition coefficient (Wildman–Crippen LogP) is 2.32. The second-order valence-electron chi connectivity index (χ2n) is 2.84. The minimum absolute atomic E-state index is 0.197. The zero-order valence-corrected chi connectivity index (χ0v) is 7.67. The first kappa shape index (κ1) is 11.3. The fraction of sp³-hybridized carbons (Fsp3) is 0.333. The number of hydrogen-bond acceptors (Lipinski definition) is 3. The summed E-state index contributed by atoms with van der Waals surface area (Å²) in [6.45, 7) is -0.197. The van der Waals surface area contributed by atoms with Crippen molar-refractivity contribution in [1.82, 2.24) is 4.98 Å². The Morgan fingerprint density at radius 3 is 2.60 bits per heavy atom. The van der Waals surface area contributed by atoms with E-state index in [0.717, 1.165) is 0 Å². The summed E-state index contributed by atoms with van der Waals surface area (Å²) in [6.07, 6.45) is -3.73. The minimum Gasteiger partial charge on any atom is -0.383 e. The number of rotatable bonds is 3. The zero-order chi connectivity index (χ0) is 11.3. The molecular formula is C9H8F3N3. The van der Waals surface area contributed by atoms with Crippen LogP contribution in [0.25, 0.3) is 0 Å². The normalized spacial score (nSPS) is 10.8. The Morgan fingerprint density at radius 2 is 2.13 bits per heavy atom. The van der Waals surface area contributed by atoms with Gasteiger partial charge in [0.1, 0.15) is 11.8 Å². The van der Waals surface area contributed by atoms with E-state index in [9.17, 15) is 13.2 Å². The molecule has 15 heavy (non-hydrogen) atoms. The number of alkyl halides is 3. The molecule has 0 saturated carbocycles. The van der Waals surface area contributed by atoms with E-state index in [1.807, 2.05) is 6.07 Å². The van der Waals surface area contributed by atoms with Gasteiger partial charge in [0.25, 0.3) is 0 Å². The van der Waals surface area contributed by atoms with Crippen molar-refractivity contribution in [3.63, 3.8) is 0 Å². The first-order chi connectivity index (χ1) is 7.01. The molecule has 0 aromatic carbocycles. The third kappa shape index (κ3) is 4.31. The highest BCUT2D eigenvalue weighted by atomic mass is 19.4. The highest BCUT2D eigenvalue weighted by Crippen LogP contribution is 2.19. The zero-order valence-electron chi connectivity index (χ0n) is 7.67. The van der Waals surface area contributed by atoms with E-state index in [4.69, 9.17) is 5.26 Å². The Balaban J connectivity index is 2.42. The van der Waals surface area contributed by atoms with E-state index in [0.29, 0.717) is 5.69 Å². The van der Waals surface area contributed by atoms with Crippen molar-refractivity contribution >= 4 is 5.69 Å². The van der Waals surface area contributed by atoms with Crippen LogP contribution in [0.3, 0.4) is 0 Å². The van der Waals surface area contributed by atoms with Gasteiger partial charge >= 0.3 is 6.18 Å². The topological polar surface area (TPSA) is 48.7 Å². The van der Waals surface area contributed by atoms with E-state index >= 15 is 0 Å². The third-order valence-corrected chi connectivity index (χ3v) is 1.62. The molecule has 0 saturated heterocycles. The molecule has 0 radical (unpaired) electrons. The average Bonchev–Trinajstić information content (AvgIpc) is 2.17. The van der Waals surface area contributed by atoms with Crippen molar-refractivity contribution < 1.29 is 13.2 Å². The highest BCUT2D eigenvalue weighted by Gasteiger charge is 2.25. The van der Waals surface area contributed by atoms with Gasteiger partial charge in [-0.25, -0.2) is 4.98 Å². The Labute approximate surface area is 84.5 Å². The maximum absolute atomic E-state index is 11.8. The number of nitrogens with zero attached hydrogens (tertiary/aromatic N) is 2. The molecule has 1 N–H and O–H groups in total. The lowest BCUT2D eigenvalue weighted by molar-refractivity contribution is -0.131. The van der Waals surface area contributed by atoms with Gasteiger partial charge in [-0.15, -0.1) is 0 Å². The molecule has 1 aromatic heterocycles. The van der Waals surface area contributed by atoms with E-state index in [1.54, 1.807) is 0 Å². The molecule has 0 aliphatic heterocycles. The SMILES string of the molecule is N#Cc1ccc(NCCC(F)(F)F)cn1. The Kier molecular flexibility index (Phi) is 3.50. The van der Waals surface area contributed by atoms with Gasteiger partial charge in [0.05, 0.1) is 18.3 Å². The van der Waals surface area contributed by atoms with Crippen molar-refractivity contribution in [3.8, 4) is 6.07 Å². The molecule has 1 aromatic rings. The summed E-state index contributed by atoms with van der Waals surface area (Å²) in [5.74, 6) is 0. The second-order valence-corrected chi connectivity index (χ2v) is 2.84. The summed E-state index contributed by atoms with van der Waals surface area (Å²) in [6, 6.07) is 4.77. The molecule has 0 spiro atoms. The van der Waals surface area contributed by atoms with Crippen LogP contribution in [0.2, 0.25) is 0 Å². The molecular weight excluding hydrogens is 207 g/mol. The maximum atomic E-state index is 11.8. The minimum atomic E-state index is -4.16. The molecule has 0 aliphatic carbocycles. The third-order valence-electron chi connectivity index (χ3n) is 1.62. The highest BCUT2D eigenvalue weighted by molar-refractivity contribution is 5.42. The molecule has 0 atom stereocenters. The quantitative estimate of drug-likeness (QED) is 0.841. The van der Waals surface area contributed by atoms with Crippen LogP contribution in [0.1, 0.15) is 12.1 Å². The van der Waals surface area contributed by atoms with Crippen molar-refractivity contribution in [2.75, 3.05) is 11.9 Å². The summed E-state index contributed by atoms with van der Waals surface area (Å²) in [7, 11) is 0. The van der Waals surface area contributed by atoms with Crippen LogP contribution in [0.15, 0.2) is 18.3 Å². The van der Waals surface area contributed by atoms with Gasteiger partial charge in [0.15, 0.2) is 0 Å². The van der Waals surface area contributed by atoms with Gasteiger partial charge in [-0.05, 0) is 12.1 Å².